The van der Waals surface area contributed by atoms with Crippen molar-refractivity contribution in [3.05, 3.63) is 71.1 Å². The zero-order chi connectivity index (χ0) is 23.8. The Morgan fingerprint density at radius 1 is 1.15 bits per heavy atom. The van der Waals surface area contributed by atoms with Gasteiger partial charge in [0.15, 0.2) is 5.76 Å². The fourth-order valence-corrected chi connectivity index (χ4v) is 4.51. The molecule has 8 nitrogen and oxygen atoms in total. The molecule has 9 heteroatoms. The van der Waals surface area contributed by atoms with E-state index in [0.29, 0.717) is 35.7 Å². The highest BCUT2D eigenvalue weighted by atomic mass is 32.2. The van der Waals surface area contributed by atoms with Crippen LogP contribution in [0.25, 0.3) is 12.2 Å². The quantitative estimate of drug-likeness (QED) is 0.434. The van der Waals surface area contributed by atoms with Crippen molar-refractivity contribution in [1.29, 1.82) is 0 Å². The third-order valence-electron chi connectivity index (χ3n) is 4.87. The van der Waals surface area contributed by atoms with Crippen LogP contribution >= 0.6 is 0 Å². The fraction of sp³-hybridized carbons (Fsp3) is 0.250. The minimum absolute atomic E-state index is 0.0442. The van der Waals surface area contributed by atoms with Gasteiger partial charge in [-0.05, 0) is 49.1 Å². The molecule has 0 radical (unpaired) electrons. The van der Waals surface area contributed by atoms with Gasteiger partial charge < -0.3 is 14.6 Å². The summed E-state index contributed by atoms with van der Waals surface area (Å²) < 4.78 is 39.0. The Bertz CT molecular complexity index is 1230. The number of hydrogen-bond acceptors (Lipinski definition) is 6. The second kappa shape index (κ2) is 10.9. The normalized spacial score (nSPS) is 11.6. The zero-order valence-corrected chi connectivity index (χ0v) is 19.6. The second-order valence-electron chi connectivity index (χ2n) is 7.42. The molecule has 0 saturated heterocycles. The van der Waals surface area contributed by atoms with E-state index in [4.69, 9.17) is 9.26 Å². The number of methoxy groups -OCH3 is 1. The summed E-state index contributed by atoms with van der Waals surface area (Å²) >= 11 is 0. The van der Waals surface area contributed by atoms with Gasteiger partial charge in [-0.3, -0.25) is 4.79 Å². The van der Waals surface area contributed by atoms with Crippen LogP contribution in [0.3, 0.4) is 0 Å². The molecule has 2 N–H and O–H groups in total. The average molecular weight is 470 g/mol. The predicted octanol–water partition coefficient (Wildman–Crippen LogP) is 4.03. The fourth-order valence-electron chi connectivity index (χ4n) is 3.23. The van der Waals surface area contributed by atoms with E-state index in [-0.39, 0.29) is 16.6 Å². The Kier molecular flexibility index (Phi) is 8.02. The van der Waals surface area contributed by atoms with E-state index >= 15 is 0 Å². The third-order valence-corrected chi connectivity index (χ3v) is 6.35. The number of nitrogens with one attached hydrogen (secondary N) is 2. The van der Waals surface area contributed by atoms with Crippen LogP contribution in [0.15, 0.2) is 57.9 Å². The van der Waals surface area contributed by atoms with Crippen LogP contribution in [-0.2, 0) is 21.2 Å². The molecule has 0 aliphatic rings. The highest BCUT2D eigenvalue weighted by Gasteiger charge is 2.19. The zero-order valence-electron chi connectivity index (χ0n) is 18.8. The van der Waals surface area contributed by atoms with E-state index in [1.807, 2.05) is 30.3 Å². The Labute approximate surface area is 193 Å². The molecule has 0 spiro atoms. The standard InChI is InChI=1S/C24H27N3O5S/c1-17-24(26-18(2)28)22(32-27-17)14-12-20-11-13-21(31-3)23(16-20)33(29,30)25-15-7-10-19-8-5-4-6-9-19/h4-6,8-9,11-14,16,25H,7,10,15H2,1-3H3,(H,26,28). The van der Waals surface area contributed by atoms with Gasteiger partial charge in [0.2, 0.25) is 15.9 Å². The highest BCUT2D eigenvalue weighted by molar-refractivity contribution is 7.89. The maximum Gasteiger partial charge on any atom is 0.244 e. The van der Waals surface area contributed by atoms with Crippen molar-refractivity contribution in [2.24, 2.45) is 0 Å². The number of aryl methyl sites for hydroxylation is 2. The molecule has 0 unspecified atom stereocenters. The molecular formula is C24H27N3O5S. The molecular weight excluding hydrogens is 442 g/mol. The molecule has 174 valence electrons. The molecule has 3 rings (SSSR count). The second-order valence-corrected chi connectivity index (χ2v) is 9.15. The molecule has 0 atom stereocenters. The first-order valence-electron chi connectivity index (χ1n) is 10.4. The van der Waals surface area contributed by atoms with Crippen molar-refractivity contribution in [3.63, 3.8) is 0 Å². The predicted molar refractivity (Wildman–Crippen MR) is 127 cm³/mol. The molecule has 0 fully saturated rings. The van der Waals surface area contributed by atoms with Crippen molar-refractivity contribution in [2.45, 2.75) is 31.6 Å². The first-order valence-corrected chi connectivity index (χ1v) is 11.9. The summed E-state index contributed by atoms with van der Waals surface area (Å²) in [6, 6.07) is 14.7. The van der Waals surface area contributed by atoms with Gasteiger partial charge in [0.1, 0.15) is 22.0 Å². The maximum absolute atomic E-state index is 12.9. The van der Waals surface area contributed by atoms with Gasteiger partial charge in [0.05, 0.1) is 7.11 Å². The minimum Gasteiger partial charge on any atom is -0.495 e. The molecule has 1 heterocycles. The molecule has 2 aromatic carbocycles. The van der Waals surface area contributed by atoms with Crippen molar-refractivity contribution < 1.29 is 22.5 Å². The number of carbonyl (C=O) groups is 1. The van der Waals surface area contributed by atoms with E-state index in [1.165, 1.54) is 20.1 Å². The molecule has 33 heavy (non-hydrogen) atoms. The molecule has 3 aromatic rings. The Morgan fingerprint density at radius 2 is 1.91 bits per heavy atom. The van der Waals surface area contributed by atoms with E-state index in [2.05, 4.69) is 15.2 Å². The molecule has 0 aliphatic heterocycles. The highest BCUT2D eigenvalue weighted by Crippen LogP contribution is 2.27. The van der Waals surface area contributed by atoms with E-state index in [0.717, 1.165) is 12.0 Å². The lowest BCUT2D eigenvalue weighted by molar-refractivity contribution is -0.114. The lowest BCUT2D eigenvalue weighted by atomic mass is 10.1. The largest absolute Gasteiger partial charge is 0.495 e. The van der Waals surface area contributed by atoms with Crippen LogP contribution in [0.5, 0.6) is 5.75 Å². The summed E-state index contributed by atoms with van der Waals surface area (Å²) in [5.41, 5.74) is 2.79. The first-order chi connectivity index (χ1) is 15.8. The summed E-state index contributed by atoms with van der Waals surface area (Å²) in [7, 11) is -2.36. The lowest BCUT2D eigenvalue weighted by Crippen LogP contribution is -2.25. The maximum atomic E-state index is 12.9. The minimum atomic E-state index is -3.78. The first kappa shape index (κ1) is 24.2. The van der Waals surface area contributed by atoms with Crippen molar-refractivity contribution in [2.75, 3.05) is 19.0 Å². The van der Waals surface area contributed by atoms with Crippen LogP contribution in [0.4, 0.5) is 5.69 Å². The molecule has 1 amide bonds. The van der Waals surface area contributed by atoms with Gasteiger partial charge in [0.25, 0.3) is 0 Å². The number of nitrogens with zero attached hydrogens (tertiary/aromatic N) is 1. The molecule has 0 bridgehead atoms. The van der Waals surface area contributed by atoms with Crippen LogP contribution in [-0.4, -0.2) is 33.1 Å². The SMILES string of the molecule is COc1ccc(C=Cc2onc(C)c2NC(C)=O)cc1S(=O)(=O)NCCCc1ccccc1. The number of ether oxygens (including phenoxy) is 1. The van der Waals surface area contributed by atoms with Crippen LogP contribution in [0.2, 0.25) is 0 Å². The van der Waals surface area contributed by atoms with Gasteiger partial charge in [-0.2, -0.15) is 0 Å². The average Bonchev–Trinajstić information content (AvgIpc) is 3.14. The van der Waals surface area contributed by atoms with Gasteiger partial charge in [-0.15, -0.1) is 0 Å². The number of amides is 1. The van der Waals surface area contributed by atoms with Crippen LogP contribution < -0.4 is 14.8 Å². The van der Waals surface area contributed by atoms with Crippen LogP contribution in [0, 0.1) is 6.92 Å². The Morgan fingerprint density at radius 3 is 2.61 bits per heavy atom. The number of sulfonamides is 1. The summed E-state index contributed by atoms with van der Waals surface area (Å²) in [5.74, 6) is 0.367. The van der Waals surface area contributed by atoms with Crippen molar-refractivity contribution in [3.8, 4) is 5.75 Å². The van der Waals surface area contributed by atoms with Gasteiger partial charge in [0, 0.05) is 13.5 Å². The van der Waals surface area contributed by atoms with E-state index < -0.39 is 10.0 Å². The topological polar surface area (TPSA) is 111 Å². The Hall–Kier alpha value is -3.43. The summed E-state index contributed by atoms with van der Waals surface area (Å²) in [5, 5.41) is 6.54. The van der Waals surface area contributed by atoms with Gasteiger partial charge in [-0.1, -0.05) is 47.6 Å². The number of aromatic nitrogens is 1. The van der Waals surface area contributed by atoms with Gasteiger partial charge >= 0.3 is 0 Å². The smallest absolute Gasteiger partial charge is 0.244 e. The van der Waals surface area contributed by atoms with Crippen molar-refractivity contribution in [1.82, 2.24) is 9.88 Å². The summed E-state index contributed by atoms with van der Waals surface area (Å²) in [6.45, 7) is 3.42. The van der Waals surface area contributed by atoms with E-state index in [1.54, 1.807) is 31.2 Å². The summed E-state index contributed by atoms with van der Waals surface area (Å²) in [6.07, 6.45) is 4.74. The monoisotopic (exact) mass is 469 g/mol. The Balaban J connectivity index is 1.75. The van der Waals surface area contributed by atoms with Crippen molar-refractivity contribution >= 4 is 33.8 Å². The molecule has 0 aliphatic carbocycles. The van der Waals surface area contributed by atoms with Gasteiger partial charge in [-0.25, -0.2) is 13.1 Å². The number of carbonyl (C=O) groups excluding carboxylic acids is 1. The number of anilines is 1. The van der Waals surface area contributed by atoms with Crippen LogP contribution in [0.1, 0.15) is 35.9 Å². The number of rotatable bonds is 10. The molecule has 0 saturated carbocycles. The lowest BCUT2D eigenvalue weighted by Gasteiger charge is -2.12. The number of hydrogen-bond donors (Lipinski definition) is 2. The third kappa shape index (κ3) is 6.53. The number of benzene rings is 2. The summed E-state index contributed by atoms with van der Waals surface area (Å²) in [4.78, 5) is 11.5. The molecule has 1 aromatic heterocycles. The van der Waals surface area contributed by atoms with E-state index in [9.17, 15) is 13.2 Å².